The zero-order chi connectivity index (χ0) is 18.2. The first-order chi connectivity index (χ1) is 11.1. The van der Waals surface area contributed by atoms with Gasteiger partial charge in [0.05, 0.1) is 12.2 Å². The average Bonchev–Trinajstić information content (AvgIpc) is 2.42. The minimum Gasteiger partial charge on any atom is -0.360 e. The smallest absolute Gasteiger partial charge is 0.360 e. The maximum absolute atomic E-state index is 13.4. The van der Waals surface area contributed by atoms with Crippen LogP contribution in [0.2, 0.25) is 0 Å². The largest absolute Gasteiger partial charge is 0.419 e. The lowest BCUT2D eigenvalue weighted by molar-refractivity contribution is -0.332. The molecule has 0 aromatic heterocycles. The molecule has 24 heavy (non-hydrogen) atoms. The summed E-state index contributed by atoms with van der Waals surface area (Å²) in [6, 6.07) is 2.49. The van der Waals surface area contributed by atoms with E-state index in [-0.39, 0.29) is 24.5 Å². The fourth-order valence-corrected chi connectivity index (χ4v) is 4.30. The van der Waals surface area contributed by atoms with Crippen LogP contribution >= 0.6 is 0 Å². The van der Waals surface area contributed by atoms with Gasteiger partial charge in [0, 0.05) is 25.6 Å². The van der Waals surface area contributed by atoms with E-state index in [0.29, 0.717) is 12.3 Å². The van der Waals surface area contributed by atoms with Gasteiger partial charge in [-0.1, -0.05) is 13.8 Å². The van der Waals surface area contributed by atoms with Crippen LogP contribution in [0.1, 0.15) is 59.8 Å². The first kappa shape index (κ1) is 19.5. The van der Waals surface area contributed by atoms with E-state index in [9.17, 15) is 13.2 Å². The highest BCUT2D eigenvalue weighted by Gasteiger charge is 2.64. The van der Waals surface area contributed by atoms with Crippen molar-refractivity contribution in [3.63, 3.8) is 0 Å². The van der Waals surface area contributed by atoms with Crippen LogP contribution in [0.5, 0.6) is 0 Å². The normalized spacial score (nSPS) is 31.1. The Balaban J connectivity index is 1.96. The van der Waals surface area contributed by atoms with Crippen molar-refractivity contribution in [1.29, 1.82) is 5.26 Å². The zero-order valence-corrected chi connectivity index (χ0v) is 15.1. The van der Waals surface area contributed by atoms with Crippen molar-refractivity contribution in [2.24, 2.45) is 11.3 Å². The number of nitriles is 1. The molecule has 3 nitrogen and oxygen atoms in total. The molecule has 1 saturated heterocycles. The van der Waals surface area contributed by atoms with E-state index >= 15 is 0 Å². The van der Waals surface area contributed by atoms with Crippen molar-refractivity contribution in [3.05, 3.63) is 0 Å². The minimum atomic E-state index is -4.33. The summed E-state index contributed by atoms with van der Waals surface area (Å²) in [6.45, 7) is 7.46. The van der Waals surface area contributed by atoms with Gasteiger partial charge in [0.15, 0.2) is 5.60 Å². The van der Waals surface area contributed by atoms with Gasteiger partial charge in [-0.15, -0.1) is 0 Å². The van der Waals surface area contributed by atoms with Gasteiger partial charge in [0.1, 0.15) is 0 Å². The topological polar surface area (TPSA) is 36.3 Å². The van der Waals surface area contributed by atoms with Crippen LogP contribution in [-0.2, 0) is 4.74 Å². The Morgan fingerprint density at radius 3 is 2.08 bits per heavy atom. The maximum atomic E-state index is 13.4. The van der Waals surface area contributed by atoms with Crippen LogP contribution < -0.4 is 0 Å². The Bertz CT molecular complexity index is 468. The molecule has 0 atom stereocenters. The van der Waals surface area contributed by atoms with Gasteiger partial charge in [-0.05, 0) is 50.9 Å². The van der Waals surface area contributed by atoms with Gasteiger partial charge >= 0.3 is 6.18 Å². The monoisotopic (exact) mass is 346 g/mol. The van der Waals surface area contributed by atoms with Crippen molar-refractivity contribution in [3.8, 4) is 6.07 Å². The van der Waals surface area contributed by atoms with Crippen LogP contribution in [0.4, 0.5) is 13.2 Å². The fraction of sp³-hybridized carbons (Fsp3) is 0.944. The molecule has 0 spiro atoms. The molecule has 2 fully saturated rings. The summed E-state index contributed by atoms with van der Waals surface area (Å²) in [7, 11) is 0. The summed E-state index contributed by atoms with van der Waals surface area (Å²) in [6.07, 6.45) is -0.646. The van der Waals surface area contributed by atoms with Crippen LogP contribution in [0.15, 0.2) is 0 Å². The molecule has 1 heterocycles. The number of halogens is 3. The summed E-state index contributed by atoms with van der Waals surface area (Å²) in [5.74, 6) is 0.424. The molecule has 138 valence electrons. The molecule has 0 aromatic carbocycles. The third kappa shape index (κ3) is 3.57. The summed E-state index contributed by atoms with van der Waals surface area (Å²) in [5, 5.41) is 9.11. The standard InChI is InChI=1S/C18H29F3N2O/c1-13(2)16(9-10-22)7-5-15(6-8-16)23-11-17(12-23,18(19,20)21)24-14(3)4/h13-15H,5-9,11-12H2,1-4H3. The number of rotatable bonds is 5. The quantitative estimate of drug-likeness (QED) is 0.734. The van der Waals surface area contributed by atoms with E-state index in [1.807, 2.05) is 4.90 Å². The summed E-state index contributed by atoms with van der Waals surface area (Å²) < 4.78 is 45.5. The zero-order valence-electron chi connectivity index (χ0n) is 15.1. The Morgan fingerprint density at radius 1 is 1.17 bits per heavy atom. The third-order valence-corrected chi connectivity index (χ3v) is 6.02. The highest BCUT2D eigenvalue weighted by molar-refractivity contribution is 5.07. The van der Waals surface area contributed by atoms with Gasteiger partial charge in [-0.3, -0.25) is 4.90 Å². The molecular formula is C18H29F3N2O. The number of hydrogen-bond acceptors (Lipinski definition) is 3. The van der Waals surface area contributed by atoms with E-state index in [2.05, 4.69) is 19.9 Å². The molecule has 0 unspecified atom stereocenters. The van der Waals surface area contributed by atoms with Gasteiger partial charge in [0.2, 0.25) is 0 Å². The molecule has 2 rings (SSSR count). The van der Waals surface area contributed by atoms with Gasteiger partial charge in [-0.25, -0.2) is 0 Å². The number of likely N-dealkylation sites (tertiary alicyclic amines) is 1. The van der Waals surface area contributed by atoms with Crippen molar-refractivity contribution in [2.45, 2.75) is 83.7 Å². The van der Waals surface area contributed by atoms with E-state index < -0.39 is 17.9 Å². The number of ether oxygens (including phenoxy) is 1. The lowest BCUT2D eigenvalue weighted by atomic mass is 9.64. The minimum absolute atomic E-state index is 0.0334. The van der Waals surface area contributed by atoms with E-state index in [1.54, 1.807) is 13.8 Å². The van der Waals surface area contributed by atoms with E-state index in [0.717, 1.165) is 25.7 Å². The number of alkyl halides is 3. The highest BCUT2D eigenvalue weighted by atomic mass is 19.4. The molecule has 1 saturated carbocycles. The predicted molar refractivity (Wildman–Crippen MR) is 86.3 cm³/mol. The van der Waals surface area contributed by atoms with Gasteiger partial charge in [-0.2, -0.15) is 18.4 Å². The lowest BCUT2D eigenvalue weighted by Crippen LogP contribution is -2.73. The van der Waals surface area contributed by atoms with Gasteiger partial charge < -0.3 is 4.74 Å². The number of nitrogens with zero attached hydrogens (tertiary/aromatic N) is 2. The van der Waals surface area contributed by atoms with Crippen LogP contribution in [0, 0.1) is 22.7 Å². The van der Waals surface area contributed by atoms with Crippen molar-refractivity contribution >= 4 is 0 Å². The second-order valence-corrected chi connectivity index (χ2v) is 8.15. The molecule has 0 amide bonds. The Hall–Kier alpha value is -0.800. The molecule has 0 radical (unpaired) electrons. The Kier molecular flexibility index (Phi) is 5.56. The summed E-state index contributed by atoms with van der Waals surface area (Å²) in [4.78, 5) is 1.92. The molecule has 0 aromatic rings. The van der Waals surface area contributed by atoms with Crippen LogP contribution in [-0.4, -0.2) is 41.9 Å². The predicted octanol–water partition coefficient (Wildman–Crippen LogP) is 4.53. The first-order valence-corrected chi connectivity index (χ1v) is 8.91. The molecule has 6 heteroatoms. The van der Waals surface area contributed by atoms with Crippen LogP contribution in [0.25, 0.3) is 0 Å². The second kappa shape index (κ2) is 6.84. The molecule has 1 aliphatic heterocycles. The number of hydrogen-bond donors (Lipinski definition) is 0. The molecular weight excluding hydrogens is 317 g/mol. The summed E-state index contributed by atoms with van der Waals surface area (Å²) in [5.41, 5.74) is -1.97. The Morgan fingerprint density at radius 2 is 1.71 bits per heavy atom. The molecule has 0 bridgehead atoms. The van der Waals surface area contributed by atoms with Gasteiger partial charge in [0.25, 0.3) is 0 Å². The van der Waals surface area contributed by atoms with Crippen molar-refractivity contribution in [1.82, 2.24) is 4.90 Å². The first-order valence-electron chi connectivity index (χ1n) is 8.91. The Labute approximate surface area is 143 Å². The third-order valence-electron chi connectivity index (χ3n) is 6.02. The highest BCUT2D eigenvalue weighted by Crippen LogP contribution is 2.49. The SMILES string of the molecule is CC(C)OC1(C(F)(F)F)CN(C2CCC(CC#N)(C(C)C)CC2)C1. The average molecular weight is 346 g/mol. The van der Waals surface area contributed by atoms with Crippen LogP contribution in [0.3, 0.4) is 0 Å². The maximum Gasteiger partial charge on any atom is 0.419 e. The molecule has 1 aliphatic carbocycles. The molecule has 0 N–H and O–H groups in total. The van der Waals surface area contributed by atoms with Crippen molar-refractivity contribution < 1.29 is 17.9 Å². The second-order valence-electron chi connectivity index (χ2n) is 8.15. The van der Waals surface area contributed by atoms with E-state index in [4.69, 9.17) is 10.00 Å². The summed E-state index contributed by atoms with van der Waals surface area (Å²) >= 11 is 0. The van der Waals surface area contributed by atoms with Crippen molar-refractivity contribution in [2.75, 3.05) is 13.1 Å². The molecule has 2 aliphatic rings. The lowest BCUT2D eigenvalue weighted by Gasteiger charge is -2.55. The van der Waals surface area contributed by atoms with E-state index in [1.165, 1.54) is 0 Å². The fourth-order valence-electron chi connectivity index (χ4n) is 4.30.